The summed E-state index contributed by atoms with van der Waals surface area (Å²) in [5.74, 6) is -2.13. The highest BCUT2D eigenvalue weighted by atomic mass is 35.5. The molecule has 0 aliphatic heterocycles. The van der Waals surface area contributed by atoms with E-state index >= 15 is 0 Å². The molecule has 2 aromatic carbocycles. The summed E-state index contributed by atoms with van der Waals surface area (Å²) in [4.78, 5) is 47.2. The molecule has 9 heteroatoms. The van der Waals surface area contributed by atoms with E-state index in [0.717, 1.165) is 0 Å². The lowest BCUT2D eigenvalue weighted by molar-refractivity contribution is -0.124. The molecule has 0 saturated carbocycles. The second-order valence-electron chi connectivity index (χ2n) is 5.60. The molecule has 0 heterocycles. The maximum Gasteiger partial charge on any atom is 0.337 e. The van der Waals surface area contributed by atoms with Crippen molar-refractivity contribution in [3.63, 3.8) is 0 Å². The minimum Gasteiger partial charge on any atom is -0.465 e. The van der Waals surface area contributed by atoms with E-state index in [1.165, 1.54) is 31.4 Å². The van der Waals surface area contributed by atoms with Crippen LogP contribution in [0.4, 0.5) is 5.69 Å². The fourth-order valence-electron chi connectivity index (χ4n) is 2.17. The normalized spacial score (nSPS) is 9.93. The molecule has 0 aliphatic rings. The van der Waals surface area contributed by atoms with Crippen molar-refractivity contribution in [2.75, 3.05) is 12.4 Å². The first kappa shape index (κ1) is 20.9. The number of halogens is 1. The number of ether oxygens (including phenoxy) is 1. The second-order valence-corrected chi connectivity index (χ2v) is 6.01. The van der Waals surface area contributed by atoms with Crippen LogP contribution in [0, 0.1) is 0 Å². The smallest absolute Gasteiger partial charge is 0.337 e. The number of hydrogen-bond donors (Lipinski definition) is 3. The van der Waals surface area contributed by atoms with Crippen LogP contribution < -0.4 is 16.2 Å². The zero-order chi connectivity index (χ0) is 20.5. The first-order valence-corrected chi connectivity index (χ1v) is 8.60. The van der Waals surface area contributed by atoms with E-state index in [2.05, 4.69) is 20.9 Å². The van der Waals surface area contributed by atoms with E-state index in [0.29, 0.717) is 10.7 Å². The maximum atomic E-state index is 12.1. The van der Waals surface area contributed by atoms with Crippen LogP contribution in [-0.4, -0.2) is 30.8 Å². The Bertz CT molecular complexity index is 901. The molecule has 8 nitrogen and oxygen atoms in total. The molecule has 0 spiro atoms. The summed E-state index contributed by atoms with van der Waals surface area (Å²) in [5, 5.41) is 2.99. The van der Waals surface area contributed by atoms with Crippen molar-refractivity contribution in [2.24, 2.45) is 0 Å². The zero-order valence-electron chi connectivity index (χ0n) is 15.0. The standard InChI is InChI=1S/C19H18ClN3O5/c1-28-19(27)13-6-4-5-12(11-13)18(26)23-22-17(25)10-9-16(24)21-15-8-3-2-7-14(15)20/h2-8,11H,9-10H2,1H3,(H,21,24)(H,22,25)(H,23,26). The molecule has 2 aromatic rings. The highest BCUT2D eigenvalue weighted by Crippen LogP contribution is 2.20. The van der Waals surface area contributed by atoms with Gasteiger partial charge in [-0.15, -0.1) is 0 Å². The molecule has 0 aromatic heterocycles. The van der Waals surface area contributed by atoms with Crippen molar-refractivity contribution in [1.29, 1.82) is 0 Å². The first-order chi connectivity index (χ1) is 13.4. The summed E-state index contributed by atoms with van der Waals surface area (Å²) >= 11 is 5.94. The quantitative estimate of drug-likeness (QED) is 0.506. The second kappa shape index (κ2) is 10.1. The average Bonchev–Trinajstić information content (AvgIpc) is 2.71. The third-order valence-electron chi connectivity index (χ3n) is 3.59. The Kier molecular flexibility index (Phi) is 7.53. The van der Waals surface area contributed by atoms with Crippen molar-refractivity contribution in [2.45, 2.75) is 12.8 Å². The minimum absolute atomic E-state index is 0.0925. The van der Waals surface area contributed by atoms with Crippen LogP contribution in [0.15, 0.2) is 48.5 Å². The largest absolute Gasteiger partial charge is 0.465 e. The van der Waals surface area contributed by atoms with E-state index in [1.807, 2.05) is 0 Å². The van der Waals surface area contributed by atoms with Gasteiger partial charge >= 0.3 is 5.97 Å². The molecule has 0 bridgehead atoms. The van der Waals surface area contributed by atoms with Gasteiger partial charge in [-0.2, -0.15) is 0 Å². The molecular formula is C19H18ClN3O5. The molecule has 0 atom stereocenters. The summed E-state index contributed by atoms with van der Waals surface area (Å²) < 4.78 is 4.59. The molecule has 3 amide bonds. The van der Waals surface area contributed by atoms with Crippen LogP contribution >= 0.6 is 11.6 Å². The number of anilines is 1. The molecule has 2 rings (SSSR count). The van der Waals surface area contributed by atoms with Gasteiger partial charge in [-0.3, -0.25) is 25.2 Å². The van der Waals surface area contributed by atoms with Crippen molar-refractivity contribution in [3.05, 3.63) is 64.7 Å². The van der Waals surface area contributed by atoms with Gasteiger partial charge in [0.15, 0.2) is 0 Å². The maximum absolute atomic E-state index is 12.1. The summed E-state index contributed by atoms with van der Waals surface area (Å²) in [6.45, 7) is 0. The number of amides is 3. The lowest BCUT2D eigenvalue weighted by Gasteiger charge is -2.09. The molecular weight excluding hydrogens is 386 g/mol. The predicted octanol–water partition coefficient (Wildman–Crippen LogP) is 2.31. The van der Waals surface area contributed by atoms with Crippen molar-refractivity contribution in [1.82, 2.24) is 10.9 Å². The van der Waals surface area contributed by atoms with Crippen LogP contribution in [0.3, 0.4) is 0 Å². The van der Waals surface area contributed by atoms with E-state index in [4.69, 9.17) is 11.6 Å². The number of hydrogen-bond acceptors (Lipinski definition) is 5. The van der Waals surface area contributed by atoms with Gasteiger partial charge in [-0.1, -0.05) is 29.8 Å². The minimum atomic E-state index is -0.611. The van der Waals surface area contributed by atoms with Crippen molar-refractivity contribution in [3.8, 4) is 0 Å². The Hall–Kier alpha value is -3.39. The lowest BCUT2D eigenvalue weighted by Crippen LogP contribution is -2.41. The zero-order valence-corrected chi connectivity index (χ0v) is 15.7. The molecule has 0 fully saturated rings. The van der Waals surface area contributed by atoms with Gasteiger partial charge in [0.1, 0.15) is 0 Å². The summed E-state index contributed by atoms with van der Waals surface area (Å²) in [6, 6.07) is 12.6. The molecule has 0 saturated heterocycles. The highest BCUT2D eigenvalue weighted by molar-refractivity contribution is 6.33. The summed E-state index contributed by atoms with van der Waals surface area (Å²) in [6.07, 6.45) is -0.233. The number of benzene rings is 2. The first-order valence-electron chi connectivity index (χ1n) is 8.22. The Balaban J connectivity index is 1.79. The third-order valence-corrected chi connectivity index (χ3v) is 3.92. The van der Waals surface area contributed by atoms with Crippen molar-refractivity contribution >= 4 is 41.0 Å². The molecule has 0 unspecified atom stereocenters. The Morgan fingerprint density at radius 3 is 2.29 bits per heavy atom. The van der Waals surface area contributed by atoms with Gasteiger partial charge < -0.3 is 10.1 Å². The van der Waals surface area contributed by atoms with Crippen molar-refractivity contribution < 1.29 is 23.9 Å². The fourth-order valence-corrected chi connectivity index (χ4v) is 2.35. The highest BCUT2D eigenvalue weighted by Gasteiger charge is 2.12. The number of carbonyl (C=O) groups is 4. The summed E-state index contributed by atoms with van der Waals surface area (Å²) in [7, 11) is 1.23. The SMILES string of the molecule is COC(=O)c1cccc(C(=O)NNC(=O)CCC(=O)Nc2ccccc2Cl)c1. The number of para-hydroxylation sites is 1. The van der Waals surface area contributed by atoms with Gasteiger partial charge in [0, 0.05) is 18.4 Å². The number of methoxy groups -OCH3 is 1. The number of hydrazine groups is 1. The fraction of sp³-hybridized carbons (Fsp3) is 0.158. The van der Waals surface area contributed by atoms with Crippen LogP contribution in [0.2, 0.25) is 5.02 Å². The van der Waals surface area contributed by atoms with Crippen LogP contribution in [0.1, 0.15) is 33.6 Å². The van der Waals surface area contributed by atoms with Crippen LogP contribution in [0.5, 0.6) is 0 Å². The molecule has 146 valence electrons. The van der Waals surface area contributed by atoms with Gasteiger partial charge in [0.2, 0.25) is 11.8 Å². The molecule has 3 N–H and O–H groups in total. The third kappa shape index (κ3) is 6.10. The Labute approximate surface area is 166 Å². The number of esters is 1. The number of nitrogens with one attached hydrogen (secondary N) is 3. The predicted molar refractivity (Wildman–Crippen MR) is 103 cm³/mol. The van der Waals surface area contributed by atoms with E-state index in [1.54, 1.807) is 24.3 Å². The molecule has 0 aliphatic carbocycles. The van der Waals surface area contributed by atoms with Gasteiger partial charge in [0.25, 0.3) is 5.91 Å². The van der Waals surface area contributed by atoms with Crippen LogP contribution in [-0.2, 0) is 14.3 Å². The molecule has 28 heavy (non-hydrogen) atoms. The van der Waals surface area contributed by atoms with E-state index < -0.39 is 17.8 Å². The lowest BCUT2D eigenvalue weighted by atomic mass is 10.1. The van der Waals surface area contributed by atoms with E-state index in [-0.39, 0.29) is 29.9 Å². The average molecular weight is 404 g/mol. The van der Waals surface area contributed by atoms with Gasteiger partial charge in [0.05, 0.1) is 23.4 Å². The Morgan fingerprint density at radius 2 is 1.57 bits per heavy atom. The van der Waals surface area contributed by atoms with E-state index in [9.17, 15) is 19.2 Å². The number of rotatable bonds is 6. The van der Waals surface area contributed by atoms with Crippen LogP contribution in [0.25, 0.3) is 0 Å². The monoisotopic (exact) mass is 403 g/mol. The number of carbonyl (C=O) groups excluding carboxylic acids is 4. The Morgan fingerprint density at radius 1 is 0.893 bits per heavy atom. The molecule has 0 radical (unpaired) electrons. The van der Waals surface area contributed by atoms with Gasteiger partial charge in [-0.25, -0.2) is 4.79 Å². The topological polar surface area (TPSA) is 114 Å². The van der Waals surface area contributed by atoms with Gasteiger partial charge in [-0.05, 0) is 30.3 Å². The summed E-state index contributed by atoms with van der Waals surface area (Å²) in [5.41, 5.74) is 5.26.